The van der Waals surface area contributed by atoms with E-state index in [2.05, 4.69) is 5.16 Å². The number of para-hydroxylation sites is 1. The molecule has 28 heavy (non-hydrogen) atoms. The molecule has 2 aromatic heterocycles. The number of ether oxygens (including phenoxy) is 1. The minimum absolute atomic E-state index is 0.0494. The van der Waals surface area contributed by atoms with Crippen LogP contribution >= 0.6 is 0 Å². The van der Waals surface area contributed by atoms with Gasteiger partial charge in [0.15, 0.2) is 0 Å². The maximum absolute atomic E-state index is 12.6. The van der Waals surface area contributed by atoms with Crippen LogP contribution in [0, 0.1) is 13.8 Å². The first kappa shape index (κ1) is 18.3. The summed E-state index contributed by atoms with van der Waals surface area (Å²) in [6, 6.07) is 14.6. The molecule has 2 N–H and O–H groups in total. The van der Waals surface area contributed by atoms with Gasteiger partial charge in [-0.15, -0.1) is 0 Å². The van der Waals surface area contributed by atoms with Gasteiger partial charge in [-0.2, -0.15) is 0 Å². The van der Waals surface area contributed by atoms with E-state index in [1.165, 1.54) is 0 Å². The van der Waals surface area contributed by atoms with E-state index in [4.69, 9.17) is 14.4 Å². The number of hydrogen-bond donors (Lipinski definition) is 1. The van der Waals surface area contributed by atoms with Crippen LogP contribution in [-0.4, -0.2) is 25.3 Å². The summed E-state index contributed by atoms with van der Waals surface area (Å²) < 4.78 is 37.7. The highest BCUT2D eigenvalue weighted by molar-refractivity contribution is 7.89. The standard InChI is InChI=1S/C20H19N3O4S/c1-12-18(13(2)27-22-12)19-20(28(21,24)25)16-6-4-5-7-17(16)23(19)14-8-10-15(26-3)11-9-14/h4-11H,1-3H3,(H2,21,24,25). The van der Waals surface area contributed by atoms with E-state index in [0.717, 1.165) is 5.69 Å². The summed E-state index contributed by atoms with van der Waals surface area (Å²) in [4.78, 5) is 0.0494. The first-order valence-corrected chi connectivity index (χ1v) is 10.1. The Hall–Kier alpha value is -3.10. The largest absolute Gasteiger partial charge is 0.497 e. The lowest BCUT2D eigenvalue weighted by Crippen LogP contribution is -2.13. The number of rotatable bonds is 4. The molecule has 0 atom stereocenters. The Balaban J connectivity index is 2.21. The zero-order valence-corrected chi connectivity index (χ0v) is 16.4. The molecule has 0 bridgehead atoms. The van der Waals surface area contributed by atoms with Crippen molar-refractivity contribution >= 4 is 20.9 Å². The topological polar surface area (TPSA) is 100 Å². The van der Waals surface area contributed by atoms with E-state index >= 15 is 0 Å². The van der Waals surface area contributed by atoms with Crippen molar-refractivity contribution in [3.05, 3.63) is 60.0 Å². The first-order valence-electron chi connectivity index (χ1n) is 8.57. The van der Waals surface area contributed by atoms with Gasteiger partial charge in [0.1, 0.15) is 16.4 Å². The van der Waals surface area contributed by atoms with Crippen LogP contribution in [0.15, 0.2) is 57.9 Å². The molecule has 2 heterocycles. The van der Waals surface area contributed by atoms with E-state index in [1.807, 2.05) is 41.0 Å². The number of fused-ring (bicyclic) bond motifs is 1. The molecule has 0 unspecified atom stereocenters. The highest BCUT2D eigenvalue weighted by Gasteiger charge is 2.30. The highest BCUT2D eigenvalue weighted by atomic mass is 32.2. The fourth-order valence-electron chi connectivity index (χ4n) is 3.54. The zero-order chi connectivity index (χ0) is 20.1. The predicted octanol–water partition coefficient (Wildman–Crippen LogP) is 3.56. The van der Waals surface area contributed by atoms with Crippen LogP contribution in [0.25, 0.3) is 27.8 Å². The summed E-state index contributed by atoms with van der Waals surface area (Å²) in [5, 5.41) is 10.2. The van der Waals surface area contributed by atoms with Crippen molar-refractivity contribution in [1.82, 2.24) is 9.72 Å². The van der Waals surface area contributed by atoms with Crippen LogP contribution in [0.3, 0.4) is 0 Å². The number of methoxy groups -OCH3 is 1. The molecule has 0 aliphatic carbocycles. The average molecular weight is 397 g/mol. The number of nitrogens with two attached hydrogens (primary N) is 1. The zero-order valence-electron chi connectivity index (χ0n) is 15.6. The van der Waals surface area contributed by atoms with E-state index in [1.54, 1.807) is 33.1 Å². The smallest absolute Gasteiger partial charge is 0.240 e. The Morgan fingerprint density at radius 1 is 1.07 bits per heavy atom. The van der Waals surface area contributed by atoms with Gasteiger partial charge in [0, 0.05) is 11.1 Å². The average Bonchev–Trinajstić information content (AvgIpc) is 3.18. The third-order valence-electron chi connectivity index (χ3n) is 4.71. The van der Waals surface area contributed by atoms with Gasteiger partial charge < -0.3 is 13.8 Å². The van der Waals surface area contributed by atoms with Gasteiger partial charge in [-0.1, -0.05) is 23.4 Å². The Morgan fingerprint density at radius 2 is 1.75 bits per heavy atom. The van der Waals surface area contributed by atoms with Crippen LogP contribution in [-0.2, 0) is 10.0 Å². The Labute approximate surface area is 162 Å². The van der Waals surface area contributed by atoms with Crippen LogP contribution in [0.4, 0.5) is 0 Å². The summed E-state index contributed by atoms with van der Waals surface area (Å²) in [5.41, 5.74) is 3.11. The van der Waals surface area contributed by atoms with Crippen LogP contribution < -0.4 is 9.88 Å². The van der Waals surface area contributed by atoms with E-state index in [-0.39, 0.29) is 4.90 Å². The fraction of sp³-hybridized carbons (Fsp3) is 0.150. The van der Waals surface area contributed by atoms with Gasteiger partial charge in [0.05, 0.1) is 29.6 Å². The van der Waals surface area contributed by atoms with Crippen molar-refractivity contribution in [1.29, 1.82) is 0 Å². The monoisotopic (exact) mass is 397 g/mol. The van der Waals surface area contributed by atoms with E-state index in [0.29, 0.717) is 39.4 Å². The van der Waals surface area contributed by atoms with Gasteiger partial charge in [0.2, 0.25) is 10.0 Å². The normalized spacial score (nSPS) is 11.9. The second-order valence-electron chi connectivity index (χ2n) is 6.47. The number of aromatic nitrogens is 2. The second kappa shape index (κ2) is 6.50. The SMILES string of the molecule is COc1ccc(-n2c(-c3c(C)noc3C)c(S(N)(=O)=O)c3ccccc32)cc1. The number of hydrogen-bond acceptors (Lipinski definition) is 5. The third kappa shape index (κ3) is 2.78. The minimum atomic E-state index is -4.03. The summed E-state index contributed by atoms with van der Waals surface area (Å²) in [5.74, 6) is 1.21. The predicted molar refractivity (Wildman–Crippen MR) is 106 cm³/mol. The second-order valence-corrected chi connectivity index (χ2v) is 7.97. The lowest BCUT2D eigenvalue weighted by atomic mass is 10.1. The molecule has 2 aromatic carbocycles. The van der Waals surface area contributed by atoms with Gasteiger partial charge >= 0.3 is 0 Å². The molecule has 0 fully saturated rings. The summed E-state index contributed by atoms with van der Waals surface area (Å²) in [6.45, 7) is 3.52. The number of primary sulfonamides is 1. The molecule has 7 nitrogen and oxygen atoms in total. The van der Waals surface area contributed by atoms with Crippen molar-refractivity contribution in [3.8, 4) is 22.7 Å². The maximum Gasteiger partial charge on any atom is 0.240 e. The Kier molecular flexibility index (Phi) is 4.24. The fourth-order valence-corrected chi connectivity index (χ4v) is 4.49. The summed E-state index contributed by atoms with van der Waals surface area (Å²) >= 11 is 0. The Morgan fingerprint density at radius 3 is 2.32 bits per heavy atom. The van der Waals surface area contributed by atoms with Gasteiger partial charge in [-0.3, -0.25) is 0 Å². The molecule has 0 spiro atoms. The van der Waals surface area contributed by atoms with Crippen molar-refractivity contribution in [2.45, 2.75) is 18.7 Å². The minimum Gasteiger partial charge on any atom is -0.497 e. The molecule has 4 aromatic rings. The Bertz CT molecular complexity index is 1270. The summed E-state index contributed by atoms with van der Waals surface area (Å²) in [7, 11) is -2.44. The molecule has 4 rings (SSSR count). The number of sulfonamides is 1. The first-order chi connectivity index (χ1) is 13.3. The third-order valence-corrected chi connectivity index (χ3v) is 5.70. The van der Waals surface area contributed by atoms with Crippen LogP contribution in [0.2, 0.25) is 0 Å². The van der Waals surface area contributed by atoms with Crippen LogP contribution in [0.5, 0.6) is 5.75 Å². The molecule has 0 saturated heterocycles. The van der Waals surface area contributed by atoms with Crippen molar-refractivity contribution < 1.29 is 17.7 Å². The van der Waals surface area contributed by atoms with E-state index < -0.39 is 10.0 Å². The maximum atomic E-state index is 12.6. The highest BCUT2D eigenvalue weighted by Crippen LogP contribution is 2.41. The number of aryl methyl sites for hydroxylation is 2. The molecule has 0 aliphatic rings. The van der Waals surface area contributed by atoms with Crippen molar-refractivity contribution in [3.63, 3.8) is 0 Å². The van der Waals surface area contributed by atoms with Gasteiger partial charge in [-0.25, -0.2) is 13.6 Å². The molecular weight excluding hydrogens is 378 g/mol. The molecule has 8 heteroatoms. The lowest BCUT2D eigenvalue weighted by molar-refractivity contribution is 0.393. The van der Waals surface area contributed by atoms with Crippen molar-refractivity contribution in [2.75, 3.05) is 7.11 Å². The summed E-state index contributed by atoms with van der Waals surface area (Å²) in [6.07, 6.45) is 0. The lowest BCUT2D eigenvalue weighted by Gasteiger charge is -2.12. The molecule has 0 saturated carbocycles. The van der Waals surface area contributed by atoms with Gasteiger partial charge in [-0.05, 0) is 44.2 Å². The van der Waals surface area contributed by atoms with E-state index in [9.17, 15) is 8.42 Å². The molecule has 0 aliphatic heterocycles. The number of nitrogens with zero attached hydrogens (tertiary/aromatic N) is 2. The van der Waals surface area contributed by atoms with Crippen LogP contribution in [0.1, 0.15) is 11.5 Å². The molecule has 0 amide bonds. The quantitative estimate of drug-likeness (QED) is 0.567. The van der Waals surface area contributed by atoms with Gasteiger partial charge in [0.25, 0.3) is 0 Å². The molecule has 0 radical (unpaired) electrons. The number of benzene rings is 2. The molecule has 144 valence electrons. The molecular formula is C20H19N3O4S. The van der Waals surface area contributed by atoms with Crippen molar-refractivity contribution in [2.24, 2.45) is 5.14 Å².